The molecular weight excluding hydrogens is 285 g/mol. The number of rotatable bonds is 0. The summed E-state index contributed by atoms with van der Waals surface area (Å²) in [6.45, 7) is 0. The van der Waals surface area contributed by atoms with Gasteiger partial charge < -0.3 is 4.42 Å². The van der Waals surface area contributed by atoms with E-state index < -0.39 is 17.6 Å². The molecule has 2 aromatic heterocycles. The number of halogens is 4. The number of alkyl halides is 3. The van der Waals surface area contributed by atoms with Crippen LogP contribution in [-0.4, -0.2) is 9.61 Å². The van der Waals surface area contributed by atoms with Gasteiger partial charge in [-0.3, -0.25) is 0 Å². The molecule has 0 aliphatic heterocycles. The van der Waals surface area contributed by atoms with E-state index in [0.29, 0.717) is 9.54 Å². The second-order valence-corrected chi connectivity index (χ2v) is 4.27. The van der Waals surface area contributed by atoms with Crippen LogP contribution >= 0.6 is 11.6 Å². The van der Waals surface area contributed by atoms with E-state index in [1.54, 1.807) is 0 Å². The van der Waals surface area contributed by atoms with Gasteiger partial charge in [-0.25, -0.2) is 4.79 Å². The lowest BCUT2D eigenvalue weighted by Crippen LogP contribution is -2.14. The Morgan fingerprint density at radius 1 is 1.26 bits per heavy atom. The quantitative estimate of drug-likeness (QED) is 0.638. The van der Waals surface area contributed by atoms with Crippen molar-refractivity contribution >= 4 is 28.1 Å². The average molecular weight is 289 g/mol. The summed E-state index contributed by atoms with van der Waals surface area (Å²) < 4.78 is 43.3. The zero-order valence-corrected chi connectivity index (χ0v) is 9.79. The first-order valence-electron chi connectivity index (χ1n) is 5.05. The molecule has 0 fully saturated rings. The summed E-state index contributed by atoms with van der Waals surface area (Å²) in [5.41, 5.74) is -1.01. The molecule has 0 N–H and O–H groups in total. The molecule has 19 heavy (non-hydrogen) atoms. The van der Waals surface area contributed by atoms with E-state index >= 15 is 0 Å². The van der Waals surface area contributed by atoms with Gasteiger partial charge in [-0.2, -0.15) is 22.8 Å². The monoisotopic (exact) mass is 288 g/mol. The molecule has 0 radical (unpaired) electrons. The molecule has 0 spiro atoms. The van der Waals surface area contributed by atoms with Crippen molar-refractivity contribution in [1.82, 2.24) is 9.61 Å². The molecule has 0 amide bonds. The van der Waals surface area contributed by atoms with Crippen molar-refractivity contribution in [2.75, 3.05) is 0 Å². The third-order valence-corrected chi connectivity index (χ3v) is 2.82. The molecule has 0 saturated heterocycles. The minimum absolute atomic E-state index is 0.000995. The molecule has 3 aromatic rings. The van der Waals surface area contributed by atoms with Crippen LogP contribution in [0.5, 0.6) is 0 Å². The lowest BCUT2D eigenvalue weighted by Gasteiger charge is -1.98. The van der Waals surface area contributed by atoms with Crippen LogP contribution in [0.25, 0.3) is 16.5 Å². The van der Waals surface area contributed by atoms with Crippen molar-refractivity contribution in [3.63, 3.8) is 0 Å². The summed E-state index contributed by atoms with van der Waals surface area (Å²) in [7, 11) is 0. The molecule has 0 aliphatic carbocycles. The van der Waals surface area contributed by atoms with Crippen molar-refractivity contribution in [2.24, 2.45) is 0 Å². The maximum Gasteiger partial charge on any atom is 0.440 e. The first kappa shape index (κ1) is 12.0. The number of hydrogen-bond donors (Lipinski definition) is 0. The topological polar surface area (TPSA) is 47.5 Å². The van der Waals surface area contributed by atoms with Crippen molar-refractivity contribution in [3.8, 4) is 0 Å². The fourth-order valence-electron chi connectivity index (χ4n) is 1.78. The third-order valence-electron chi connectivity index (χ3n) is 2.59. The van der Waals surface area contributed by atoms with E-state index in [4.69, 9.17) is 16.0 Å². The summed E-state index contributed by atoms with van der Waals surface area (Å²) >= 11 is 5.78. The molecule has 98 valence electrons. The highest BCUT2D eigenvalue weighted by Gasteiger charge is 2.34. The van der Waals surface area contributed by atoms with Crippen LogP contribution < -0.4 is 5.76 Å². The number of aromatic nitrogens is 2. The number of benzene rings is 1. The largest absolute Gasteiger partial charge is 0.440 e. The molecular formula is C11H4ClF3N2O2. The highest BCUT2D eigenvalue weighted by molar-refractivity contribution is 6.31. The van der Waals surface area contributed by atoms with Crippen LogP contribution in [0.1, 0.15) is 5.69 Å². The molecule has 0 unspecified atom stereocenters. The Kier molecular flexibility index (Phi) is 2.37. The van der Waals surface area contributed by atoms with Gasteiger partial charge in [0.25, 0.3) is 0 Å². The Morgan fingerprint density at radius 2 is 2.00 bits per heavy atom. The lowest BCUT2D eigenvalue weighted by molar-refractivity contribution is -0.141. The van der Waals surface area contributed by atoms with E-state index in [2.05, 4.69) is 5.10 Å². The third kappa shape index (κ3) is 1.86. The fourth-order valence-corrected chi connectivity index (χ4v) is 1.95. The summed E-state index contributed by atoms with van der Waals surface area (Å²) in [5.74, 6) is -0.986. The molecule has 0 aliphatic rings. The van der Waals surface area contributed by atoms with Crippen molar-refractivity contribution in [2.45, 2.75) is 6.18 Å². The zero-order chi connectivity index (χ0) is 13.8. The van der Waals surface area contributed by atoms with Crippen molar-refractivity contribution in [3.05, 3.63) is 45.5 Å². The van der Waals surface area contributed by atoms with Crippen LogP contribution in [0.15, 0.2) is 33.5 Å². The molecule has 1 aromatic carbocycles. The molecule has 3 rings (SSSR count). The summed E-state index contributed by atoms with van der Waals surface area (Å²) in [6.07, 6.45) is -4.64. The van der Waals surface area contributed by atoms with Gasteiger partial charge in [-0.15, -0.1) is 0 Å². The SMILES string of the molecule is O=c1oc2ccc(Cl)cc2c2cc(C(F)(F)F)nn12. The number of hydrogen-bond acceptors (Lipinski definition) is 3. The maximum absolute atomic E-state index is 12.6. The van der Waals surface area contributed by atoms with E-state index in [1.807, 2.05) is 0 Å². The minimum Gasteiger partial charge on any atom is -0.408 e. The Morgan fingerprint density at radius 3 is 2.68 bits per heavy atom. The lowest BCUT2D eigenvalue weighted by atomic mass is 10.2. The van der Waals surface area contributed by atoms with E-state index in [9.17, 15) is 18.0 Å². The average Bonchev–Trinajstić information content (AvgIpc) is 2.76. The molecule has 4 nitrogen and oxygen atoms in total. The van der Waals surface area contributed by atoms with Crippen molar-refractivity contribution < 1.29 is 17.6 Å². The van der Waals surface area contributed by atoms with Gasteiger partial charge in [-0.1, -0.05) is 11.6 Å². The van der Waals surface area contributed by atoms with Gasteiger partial charge in [0.2, 0.25) is 0 Å². The van der Waals surface area contributed by atoms with Crippen LogP contribution in [0, 0.1) is 0 Å². The highest BCUT2D eigenvalue weighted by atomic mass is 35.5. The standard InChI is InChI=1S/C11H4ClF3N2O2/c12-5-1-2-8-6(3-5)7-4-9(11(13,14)15)16-17(7)10(18)19-8/h1-4H. The molecule has 0 saturated carbocycles. The van der Waals surface area contributed by atoms with Gasteiger partial charge in [0, 0.05) is 10.4 Å². The minimum atomic E-state index is -4.64. The summed E-state index contributed by atoms with van der Waals surface area (Å²) in [6, 6.07) is 5.09. The second-order valence-electron chi connectivity index (χ2n) is 3.83. The van der Waals surface area contributed by atoms with Gasteiger partial charge in [0.05, 0.1) is 5.52 Å². The van der Waals surface area contributed by atoms with E-state index in [1.165, 1.54) is 18.2 Å². The summed E-state index contributed by atoms with van der Waals surface area (Å²) in [5, 5.41) is 3.81. The second kappa shape index (κ2) is 3.74. The van der Waals surface area contributed by atoms with Gasteiger partial charge in [0.1, 0.15) is 5.58 Å². The summed E-state index contributed by atoms with van der Waals surface area (Å²) in [4.78, 5) is 11.6. The number of nitrogens with zero attached hydrogens (tertiary/aromatic N) is 2. The Bertz CT molecular complexity index is 851. The Hall–Kier alpha value is -2.02. The van der Waals surface area contributed by atoms with Gasteiger partial charge in [-0.05, 0) is 24.3 Å². The zero-order valence-electron chi connectivity index (χ0n) is 9.03. The highest BCUT2D eigenvalue weighted by Crippen LogP contribution is 2.30. The normalized spacial score (nSPS) is 12.4. The van der Waals surface area contributed by atoms with Crippen LogP contribution in [0.4, 0.5) is 13.2 Å². The first-order valence-corrected chi connectivity index (χ1v) is 5.43. The molecule has 0 atom stereocenters. The predicted octanol–water partition coefficient (Wildman–Crippen LogP) is 3.11. The molecule has 8 heteroatoms. The first-order chi connectivity index (χ1) is 8.86. The van der Waals surface area contributed by atoms with Crippen LogP contribution in [0.2, 0.25) is 5.02 Å². The van der Waals surface area contributed by atoms with Gasteiger partial charge in [0.15, 0.2) is 5.69 Å². The maximum atomic E-state index is 12.6. The van der Waals surface area contributed by atoms with E-state index in [0.717, 1.165) is 6.07 Å². The van der Waals surface area contributed by atoms with E-state index in [-0.39, 0.29) is 16.5 Å². The number of fused-ring (bicyclic) bond motifs is 3. The predicted molar refractivity (Wildman–Crippen MR) is 61.2 cm³/mol. The van der Waals surface area contributed by atoms with Crippen LogP contribution in [-0.2, 0) is 6.18 Å². The Labute approximate surface area is 108 Å². The van der Waals surface area contributed by atoms with Gasteiger partial charge >= 0.3 is 11.9 Å². The van der Waals surface area contributed by atoms with Crippen LogP contribution in [0.3, 0.4) is 0 Å². The molecule has 0 bridgehead atoms. The smallest absolute Gasteiger partial charge is 0.408 e. The van der Waals surface area contributed by atoms with Crippen molar-refractivity contribution in [1.29, 1.82) is 0 Å². The molecule has 2 heterocycles. The fraction of sp³-hybridized carbons (Fsp3) is 0.0909. The Balaban J connectivity index is 2.49.